The second kappa shape index (κ2) is 6.60. The van der Waals surface area contributed by atoms with E-state index in [1.165, 1.54) is 0 Å². The molecule has 0 amide bonds. The number of aromatic nitrogens is 1. The zero-order valence-corrected chi connectivity index (χ0v) is 8.99. The maximum atomic E-state index is 11.7. The highest BCUT2D eigenvalue weighted by molar-refractivity contribution is 5.54. The lowest BCUT2D eigenvalue weighted by atomic mass is 10.3. The van der Waals surface area contributed by atoms with Crippen LogP contribution in [-0.4, -0.2) is 31.2 Å². The Bertz CT molecular complexity index is 406. The molecule has 0 aliphatic heterocycles. The number of nitriles is 1. The first-order valence-electron chi connectivity index (χ1n) is 4.90. The van der Waals surface area contributed by atoms with Gasteiger partial charge in [-0.05, 0) is 12.1 Å². The van der Waals surface area contributed by atoms with Gasteiger partial charge in [0.05, 0.1) is 12.3 Å². The molecule has 1 heterocycles. The van der Waals surface area contributed by atoms with Crippen LogP contribution in [0, 0.1) is 11.3 Å². The van der Waals surface area contributed by atoms with Gasteiger partial charge in [0.2, 0.25) is 0 Å². The van der Waals surface area contributed by atoms with Crippen LogP contribution in [0.25, 0.3) is 0 Å². The van der Waals surface area contributed by atoms with E-state index in [4.69, 9.17) is 11.0 Å². The molecular formula is C10H12F2N4O. The summed E-state index contributed by atoms with van der Waals surface area (Å²) in [6.07, 6.45) is -2.46. The lowest BCUT2D eigenvalue weighted by molar-refractivity contribution is 0.0215. The summed E-state index contributed by atoms with van der Waals surface area (Å²) < 4.78 is 28.1. The summed E-state index contributed by atoms with van der Waals surface area (Å²) in [5, 5.41) is 11.5. The smallest absolute Gasteiger partial charge is 0.261 e. The molecule has 0 bridgehead atoms. The van der Waals surface area contributed by atoms with Crippen LogP contribution in [-0.2, 0) is 4.74 Å². The average Bonchev–Trinajstić information content (AvgIpc) is 2.30. The second-order valence-electron chi connectivity index (χ2n) is 3.14. The Morgan fingerprint density at radius 3 is 2.94 bits per heavy atom. The van der Waals surface area contributed by atoms with E-state index in [0.717, 1.165) is 0 Å². The van der Waals surface area contributed by atoms with E-state index in [1.54, 1.807) is 12.1 Å². The number of pyridine rings is 1. The van der Waals surface area contributed by atoms with Crippen molar-refractivity contribution in [3.05, 3.63) is 17.8 Å². The molecule has 3 N–H and O–H groups in total. The van der Waals surface area contributed by atoms with Crippen molar-refractivity contribution in [3.8, 4) is 6.07 Å². The Labute approximate surface area is 97.2 Å². The number of alkyl halides is 2. The number of halogens is 2. The molecule has 0 fully saturated rings. The van der Waals surface area contributed by atoms with Crippen LogP contribution in [0.3, 0.4) is 0 Å². The molecule has 0 spiro atoms. The zero-order valence-electron chi connectivity index (χ0n) is 8.99. The predicted molar refractivity (Wildman–Crippen MR) is 58.7 cm³/mol. The van der Waals surface area contributed by atoms with Gasteiger partial charge >= 0.3 is 0 Å². The fourth-order valence-electron chi connectivity index (χ4n) is 1.08. The number of nitrogens with two attached hydrogens (primary N) is 1. The quantitative estimate of drug-likeness (QED) is 0.733. The Balaban J connectivity index is 2.35. The molecular weight excluding hydrogens is 230 g/mol. The topological polar surface area (TPSA) is 84.0 Å². The lowest BCUT2D eigenvalue weighted by Crippen LogP contribution is -2.14. The first kappa shape index (κ1) is 13.1. The summed E-state index contributed by atoms with van der Waals surface area (Å²) in [6, 6.07) is 5.00. The van der Waals surface area contributed by atoms with Crippen molar-refractivity contribution < 1.29 is 13.5 Å². The highest BCUT2D eigenvalue weighted by atomic mass is 19.3. The summed E-state index contributed by atoms with van der Waals surface area (Å²) in [5.74, 6) is 0.455. The van der Waals surface area contributed by atoms with Crippen molar-refractivity contribution in [2.75, 3.05) is 30.8 Å². The average molecular weight is 242 g/mol. The molecule has 0 unspecified atom stereocenters. The molecule has 0 atom stereocenters. The molecule has 0 saturated heterocycles. The van der Waals surface area contributed by atoms with Gasteiger partial charge in [0.25, 0.3) is 6.43 Å². The molecule has 92 valence electrons. The number of nitrogens with one attached hydrogen (secondary N) is 1. The van der Waals surface area contributed by atoms with E-state index < -0.39 is 13.0 Å². The molecule has 5 nitrogen and oxygen atoms in total. The van der Waals surface area contributed by atoms with Crippen molar-refractivity contribution in [2.24, 2.45) is 0 Å². The second-order valence-corrected chi connectivity index (χ2v) is 3.14. The third kappa shape index (κ3) is 4.61. The van der Waals surface area contributed by atoms with Crippen LogP contribution in [0.4, 0.5) is 20.3 Å². The molecule has 17 heavy (non-hydrogen) atoms. The Hall–Kier alpha value is -1.94. The first-order valence-corrected chi connectivity index (χ1v) is 4.90. The minimum absolute atomic E-state index is 0.128. The van der Waals surface area contributed by atoms with Crippen LogP contribution in [0.5, 0.6) is 0 Å². The van der Waals surface area contributed by atoms with Crippen molar-refractivity contribution in [1.82, 2.24) is 4.98 Å². The highest BCUT2D eigenvalue weighted by Gasteiger charge is 2.03. The standard InChI is InChI=1S/C10H12F2N4O/c11-9(12)6-17-4-3-15-10-2-1-7(14)8(5-13)16-10/h1-2,9H,3-4,6,14H2,(H,15,16). The van der Waals surface area contributed by atoms with Crippen LogP contribution in [0.1, 0.15) is 5.69 Å². The van der Waals surface area contributed by atoms with Crippen LogP contribution < -0.4 is 11.1 Å². The van der Waals surface area contributed by atoms with Gasteiger partial charge in [0.1, 0.15) is 18.5 Å². The van der Waals surface area contributed by atoms with Crippen molar-refractivity contribution in [2.45, 2.75) is 6.43 Å². The normalized spacial score (nSPS) is 10.2. The first-order chi connectivity index (χ1) is 8.13. The number of anilines is 2. The van der Waals surface area contributed by atoms with Gasteiger partial charge in [-0.2, -0.15) is 5.26 Å². The van der Waals surface area contributed by atoms with E-state index in [0.29, 0.717) is 18.1 Å². The number of rotatable bonds is 6. The van der Waals surface area contributed by atoms with E-state index in [1.807, 2.05) is 6.07 Å². The van der Waals surface area contributed by atoms with Gasteiger partial charge in [0.15, 0.2) is 5.69 Å². The number of hydrogen-bond donors (Lipinski definition) is 2. The van der Waals surface area contributed by atoms with Crippen LogP contribution >= 0.6 is 0 Å². The Kier molecular flexibility index (Phi) is 5.10. The van der Waals surface area contributed by atoms with Gasteiger partial charge < -0.3 is 15.8 Å². The number of nitrogen functional groups attached to an aromatic ring is 1. The lowest BCUT2D eigenvalue weighted by Gasteiger charge is -2.07. The molecule has 1 rings (SSSR count). The molecule has 0 saturated carbocycles. The Morgan fingerprint density at radius 2 is 2.29 bits per heavy atom. The summed E-state index contributed by atoms with van der Waals surface area (Å²) in [4.78, 5) is 3.92. The minimum atomic E-state index is -2.46. The summed E-state index contributed by atoms with van der Waals surface area (Å²) >= 11 is 0. The molecule has 0 aliphatic carbocycles. The largest absolute Gasteiger partial charge is 0.396 e. The van der Waals surface area contributed by atoms with Crippen molar-refractivity contribution in [1.29, 1.82) is 5.26 Å². The number of hydrogen-bond acceptors (Lipinski definition) is 5. The molecule has 7 heteroatoms. The summed E-state index contributed by atoms with van der Waals surface area (Å²) in [6.45, 7) is -0.118. The third-order valence-electron chi connectivity index (χ3n) is 1.83. The van der Waals surface area contributed by atoms with Crippen LogP contribution in [0.15, 0.2) is 12.1 Å². The van der Waals surface area contributed by atoms with Crippen molar-refractivity contribution in [3.63, 3.8) is 0 Å². The van der Waals surface area contributed by atoms with E-state index in [-0.39, 0.29) is 12.3 Å². The number of nitrogens with zero attached hydrogens (tertiary/aromatic N) is 2. The van der Waals surface area contributed by atoms with Crippen molar-refractivity contribution >= 4 is 11.5 Å². The molecule has 1 aromatic rings. The zero-order chi connectivity index (χ0) is 12.7. The van der Waals surface area contributed by atoms with Gasteiger partial charge in [-0.15, -0.1) is 0 Å². The van der Waals surface area contributed by atoms with Gasteiger partial charge in [-0.1, -0.05) is 0 Å². The van der Waals surface area contributed by atoms with E-state index in [2.05, 4.69) is 15.0 Å². The van der Waals surface area contributed by atoms with E-state index >= 15 is 0 Å². The third-order valence-corrected chi connectivity index (χ3v) is 1.83. The Morgan fingerprint density at radius 1 is 1.53 bits per heavy atom. The van der Waals surface area contributed by atoms with Crippen LogP contribution in [0.2, 0.25) is 0 Å². The highest BCUT2D eigenvalue weighted by Crippen LogP contribution is 2.11. The molecule has 1 aromatic heterocycles. The predicted octanol–water partition coefficient (Wildman–Crippen LogP) is 1.23. The van der Waals surface area contributed by atoms with Gasteiger partial charge in [-0.3, -0.25) is 0 Å². The SMILES string of the molecule is N#Cc1nc(NCCOCC(F)F)ccc1N. The molecule has 0 aromatic carbocycles. The number of ether oxygens (including phenoxy) is 1. The summed E-state index contributed by atoms with van der Waals surface area (Å²) in [5.41, 5.74) is 5.92. The fraction of sp³-hybridized carbons (Fsp3) is 0.400. The molecule has 0 radical (unpaired) electrons. The minimum Gasteiger partial charge on any atom is -0.396 e. The van der Waals surface area contributed by atoms with Gasteiger partial charge in [0, 0.05) is 6.54 Å². The van der Waals surface area contributed by atoms with E-state index in [9.17, 15) is 8.78 Å². The van der Waals surface area contributed by atoms with Gasteiger partial charge in [-0.25, -0.2) is 13.8 Å². The molecule has 0 aliphatic rings. The maximum Gasteiger partial charge on any atom is 0.261 e. The fourth-order valence-corrected chi connectivity index (χ4v) is 1.08. The summed E-state index contributed by atoms with van der Waals surface area (Å²) in [7, 11) is 0. The maximum absolute atomic E-state index is 11.7. The monoisotopic (exact) mass is 242 g/mol.